The number of alkyl halides is 2. The maximum Gasteiger partial charge on any atom is 0.280 e. The van der Waals surface area contributed by atoms with E-state index in [2.05, 4.69) is 27.5 Å². The minimum Gasteiger partial charge on any atom is -0.388 e. The molecule has 2 aliphatic rings. The molecule has 4 rings (SSSR count). The number of rotatable bonds is 7. The molecule has 0 aromatic carbocycles. The first-order chi connectivity index (χ1) is 17.1. The van der Waals surface area contributed by atoms with E-state index in [-0.39, 0.29) is 16.2 Å². The maximum absolute atomic E-state index is 14.1. The maximum atomic E-state index is 14.1. The zero-order chi connectivity index (χ0) is 27.3. The van der Waals surface area contributed by atoms with Crippen LogP contribution in [0.15, 0.2) is 12.3 Å². The fourth-order valence-electron chi connectivity index (χ4n) is 4.60. The van der Waals surface area contributed by atoms with E-state index >= 15 is 0 Å². The van der Waals surface area contributed by atoms with Gasteiger partial charge in [-0.05, 0) is 72.4 Å². The van der Waals surface area contributed by atoms with Crippen LogP contribution in [0.25, 0.3) is 10.4 Å². The van der Waals surface area contributed by atoms with Gasteiger partial charge in [0, 0.05) is 29.8 Å². The molecule has 2 aromatic heterocycles. The summed E-state index contributed by atoms with van der Waals surface area (Å²) in [4.78, 5) is 36.9. The number of carbonyl (C=O) groups excluding carboxylic acids is 2. The lowest BCUT2D eigenvalue weighted by Gasteiger charge is -2.39. The van der Waals surface area contributed by atoms with Crippen LogP contribution in [-0.2, 0) is 0 Å². The summed E-state index contributed by atoms with van der Waals surface area (Å²) in [6.07, 6.45) is 4.49. The topological polar surface area (TPSA) is 107 Å². The van der Waals surface area contributed by atoms with Gasteiger partial charge in [-0.3, -0.25) is 9.59 Å². The number of nitrogens with one attached hydrogen (secondary N) is 2. The largest absolute Gasteiger partial charge is 0.388 e. The van der Waals surface area contributed by atoms with Crippen molar-refractivity contribution < 1.29 is 23.5 Å². The molecular formula is C26H35F2N5O3S. The number of anilines is 1. The fraction of sp³-hybridized carbons (Fsp3) is 0.615. The molecule has 2 atom stereocenters. The van der Waals surface area contributed by atoms with E-state index in [0.717, 1.165) is 41.1 Å². The molecule has 0 spiro atoms. The van der Waals surface area contributed by atoms with Gasteiger partial charge in [-0.25, -0.2) is 18.7 Å². The van der Waals surface area contributed by atoms with Gasteiger partial charge in [0.1, 0.15) is 11.5 Å². The van der Waals surface area contributed by atoms with Crippen LogP contribution in [0.4, 0.5) is 14.6 Å². The molecule has 1 saturated heterocycles. The predicted molar refractivity (Wildman–Crippen MR) is 139 cm³/mol. The Kier molecular flexibility index (Phi) is 7.09. The monoisotopic (exact) mass is 535 g/mol. The molecule has 1 aliphatic heterocycles. The number of aliphatic hydroxyl groups is 1. The van der Waals surface area contributed by atoms with Gasteiger partial charge in [0.05, 0.1) is 23.1 Å². The van der Waals surface area contributed by atoms with Gasteiger partial charge in [-0.15, -0.1) is 11.3 Å². The van der Waals surface area contributed by atoms with E-state index in [1.807, 2.05) is 13.0 Å². The van der Waals surface area contributed by atoms with E-state index < -0.39 is 48.4 Å². The smallest absolute Gasteiger partial charge is 0.280 e. The second-order valence-corrected chi connectivity index (χ2v) is 12.3. The molecule has 2 aromatic rings. The number of carbonyl (C=O) groups is 2. The predicted octanol–water partition coefficient (Wildman–Crippen LogP) is 4.63. The van der Waals surface area contributed by atoms with Crippen molar-refractivity contribution in [1.29, 1.82) is 0 Å². The third-order valence-electron chi connectivity index (χ3n) is 7.46. The van der Waals surface area contributed by atoms with Gasteiger partial charge in [0.2, 0.25) is 0 Å². The number of amides is 2. The van der Waals surface area contributed by atoms with Crippen LogP contribution in [-0.4, -0.2) is 67.5 Å². The van der Waals surface area contributed by atoms with Gasteiger partial charge in [0.25, 0.3) is 17.7 Å². The Labute approximate surface area is 219 Å². The second kappa shape index (κ2) is 9.58. The zero-order valence-electron chi connectivity index (χ0n) is 22.1. The molecule has 3 N–H and O–H groups in total. The molecule has 37 heavy (non-hydrogen) atoms. The lowest BCUT2D eigenvalue weighted by Crippen LogP contribution is -2.47. The Morgan fingerprint density at radius 3 is 2.51 bits per heavy atom. The number of aryl methyl sites for hydroxylation is 1. The Hall–Kier alpha value is -2.66. The van der Waals surface area contributed by atoms with Crippen molar-refractivity contribution in [2.24, 2.45) is 0 Å². The number of halogens is 2. The molecule has 11 heteroatoms. The van der Waals surface area contributed by atoms with Crippen molar-refractivity contribution in [2.75, 3.05) is 11.9 Å². The quantitative estimate of drug-likeness (QED) is 0.477. The number of hydrogen-bond donors (Lipinski definition) is 3. The van der Waals surface area contributed by atoms with E-state index in [4.69, 9.17) is 0 Å². The van der Waals surface area contributed by atoms with Gasteiger partial charge < -0.3 is 20.6 Å². The van der Waals surface area contributed by atoms with E-state index in [1.165, 1.54) is 0 Å². The molecule has 2 amide bonds. The van der Waals surface area contributed by atoms with Crippen molar-refractivity contribution >= 4 is 29.0 Å². The third-order valence-corrected chi connectivity index (χ3v) is 8.55. The molecule has 1 saturated carbocycles. The number of likely N-dealkylation sites (tertiary alicyclic amines) is 1. The summed E-state index contributed by atoms with van der Waals surface area (Å²) < 4.78 is 28.2. The number of nitrogens with zero attached hydrogens (tertiary/aromatic N) is 3. The number of aromatic nitrogens is 2. The van der Waals surface area contributed by atoms with Crippen molar-refractivity contribution in [3.8, 4) is 10.4 Å². The van der Waals surface area contributed by atoms with E-state index in [1.54, 1.807) is 33.9 Å². The number of pyridine rings is 1. The molecule has 0 radical (unpaired) electrons. The molecule has 0 unspecified atom stereocenters. The van der Waals surface area contributed by atoms with E-state index in [0.29, 0.717) is 16.3 Å². The van der Waals surface area contributed by atoms with E-state index in [9.17, 15) is 23.5 Å². The van der Waals surface area contributed by atoms with Crippen LogP contribution in [0.1, 0.15) is 86.2 Å². The van der Waals surface area contributed by atoms with Crippen LogP contribution in [0.3, 0.4) is 0 Å². The summed E-state index contributed by atoms with van der Waals surface area (Å²) in [5, 5.41) is 16.4. The van der Waals surface area contributed by atoms with Crippen LogP contribution in [0.5, 0.6) is 0 Å². The van der Waals surface area contributed by atoms with Crippen LogP contribution in [0.2, 0.25) is 0 Å². The van der Waals surface area contributed by atoms with Crippen LogP contribution in [0, 0.1) is 6.92 Å². The number of hydrogen-bond acceptors (Lipinski definition) is 7. The first kappa shape index (κ1) is 27.4. The van der Waals surface area contributed by atoms with Gasteiger partial charge in [0.15, 0.2) is 5.01 Å². The molecule has 2 fully saturated rings. The standard InChI is InChI=1S/C26H35F2N5O3S/c1-14-10-18(32-25(6)8-7-9-25)29-12-17(14)20-19(23(35)33-13-26(27,28)11-15(33)2)31-22(37-20)21(34)30-16(3)24(4,5)36/h10,12,15-16,36H,7-9,11,13H2,1-6H3,(H,29,32)(H,30,34)/t15-,16+/m0/s1. The Bertz CT molecular complexity index is 1210. The summed E-state index contributed by atoms with van der Waals surface area (Å²) >= 11 is 1.01. The average molecular weight is 536 g/mol. The Morgan fingerprint density at radius 2 is 2.00 bits per heavy atom. The highest BCUT2D eigenvalue weighted by atomic mass is 32.1. The van der Waals surface area contributed by atoms with Crippen LogP contribution >= 0.6 is 11.3 Å². The molecule has 0 bridgehead atoms. The number of thiazole rings is 1. The minimum atomic E-state index is -2.98. The minimum absolute atomic E-state index is 0.00608. The third kappa shape index (κ3) is 5.77. The summed E-state index contributed by atoms with van der Waals surface area (Å²) in [7, 11) is 0. The highest BCUT2D eigenvalue weighted by molar-refractivity contribution is 7.17. The SMILES string of the molecule is Cc1cc(NC2(C)CCC2)ncc1-c1sc(C(=O)N[C@H](C)C(C)(C)O)nc1C(=O)N1CC(F)(F)C[C@@H]1C. The van der Waals surface area contributed by atoms with Crippen molar-refractivity contribution in [3.05, 3.63) is 28.5 Å². The van der Waals surface area contributed by atoms with Crippen molar-refractivity contribution in [3.63, 3.8) is 0 Å². The fourth-order valence-corrected chi connectivity index (χ4v) is 5.64. The first-order valence-electron chi connectivity index (χ1n) is 12.6. The van der Waals surface area contributed by atoms with Crippen molar-refractivity contribution in [1.82, 2.24) is 20.2 Å². The molecule has 3 heterocycles. The highest BCUT2D eigenvalue weighted by Crippen LogP contribution is 2.39. The zero-order valence-corrected chi connectivity index (χ0v) is 22.9. The van der Waals surface area contributed by atoms with Gasteiger partial charge in [-0.1, -0.05) is 0 Å². The molecule has 202 valence electrons. The summed E-state index contributed by atoms with van der Waals surface area (Å²) in [6, 6.07) is 0.624. The van der Waals surface area contributed by atoms with Gasteiger partial charge >= 0.3 is 0 Å². The summed E-state index contributed by atoms with van der Waals surface area (Å²) in [5.41, 5.74) is 0.206. The van der Waals surface area contributed by atoms with Crippen LogP contribution < -0.4 is 10.6 Å². The molecular weight excluding hydrogens is 500 g/mol. The highest BCUT2D eigenvalue weighted by Gasteiger charge is 2.46. The lowest BCUT2D eigenvalue weighted by molar-refractivity contribution is 0.0118. The molecule has 1 aliphatic carbocycles. The Morgan fingerprint density at radius 1 is 1.32 bits per heavy atom. The average Bonchev–Trinajstić information content (AvgIpc) is 3.31. The lowest BCUT2D eigenvalue weighted by atomic mass is 9.78. The normalized spacial score (nSPS) is 21.3. The first-order valence-corrected chi connectivity index (χ1v) is 13.4. The van der Waals surface area contributed by atoms with Gasteiger partial charge in [-0.2, -0.15) is 0 Å². The Balaban J connectivity index is 1.71. The van der Waals surface area contributed by atoms with Crippen molar-refractivity contribution in [2.45, 2.75) is 96.4 Å². The summed E-state index contributed by atoms with van der Waals surface area (Å²) in [6.45, 7) is 9.72. The second-order valence-electron chi connectivity index (χ2n) is 11.3. The molecule has 8 nitrogen and oxygen atoms in total. The summed E-state index contributed by atoms with van der Waals surface area (Å²) in [5.74, 6) is -3.46.